The van der Waals surface area contributed by atoms with Crippen molar-refractivity contribution >= 4 is 39.1 Å². The first-order valence-corrected chi connectivity index (χ1v) is 10.2. The molecule has 0 spiro atoms. The van der Waals surface area contributed by atoms with Gasteiger partial charge in [-0.25, -0.2) is 12.7 Å². The number of piperidine rings is 1. The van der Waals surface area contributed by atoms with Gasteiger partial charge >= 0.3 is 0 Å². The Kier molecular flexibility index (Phi) is 6.42. The average Bonchev–Trinajstić information content (AvgIpc) is 2.50. The summed E-state index contributed by atoms with van der Waals surface area (Å²) < 4.78 is 24.3. The molecule has 9 heteroatoms. The highest BCUT2D eigenvalue weighted by atomic mass is 35.5. The lowest BCUT2D eigenvalue weighted by molar-refractivity contribution is -0.127. The Labute approximate surface area is 152 Å². The molecule has 1 aromatic rings. The minimum Gasteiger partial charge on any atom is -0.353 e. The third kappa shape index (κ3) is 5.98. The van der Waals surface area contributed by atoms with Gasteiger partial charge in [0, 0.05) is 29.8 Å². The monoisotopic (exact) mass is 387 g/mol. The van der Waals surface area contributed by atoms with Gasteiger partial charge < -0.3 is 10.6 Å². The predicted molar refractivity (Wildman–Crippen MR) is 97.0 cm³/mol. The fraction of sp³-hybridized carbons (Fsp3) is 0.500. The van der Waals surface area contributed by atoms with Gasteiger partial charge in [-0.05, 0) is 37.5 Å². The van der Waals surface area contributed by atoms with Crippen LogP contribution >= 0.6 is 11.6 Å². The summed E-state index contributed by atoms with van der Waals surface area (Å²) in [6.07, 6.45) is 1.95. The Bertz CT molecular complexity index is 759. The second-order valence-electron chi connectivity index (χ2n) is 6.19. The molecule has 0 unspecified atom stereocenters. The standard InChI is InChI=1S/C16H22ClN3O4S/c1-11-3-4-12(17)9-14(11)19-16(22)10-15(21)18-13-5-7-20(8-6-13)25(2,23)24/h3-4,9,13H,5-8,10H2,1-2H3,(H,18,21)(H,19,22). The van der Waals surface area contributed by atoms with Crippen LogP contribution < -0.4 is 10.6 Å². The van der Waals surface area contributed by atoms with Gasteiger partial charge in [-0.15, -0.1) is 0 Å². The molecular weight excluding hydrogens is 366 g/mol. The number of sulfonamides is 1. The molecule has 2 amide bonds. The first kappa shape index (κ1) is 19.7. The van der Waals surface area contributed by atoms with E-state index in [1.54, 1.807) is 18.2 Å². The number of benzene rings is 1. The molecule has 2 rings (SSSR count). The minimum atomic E-state index is -3.19. The topological polar surface area (TPSA) is 95.6 Å². The van der Waals surface area contributed by atoms with Crippen LogP contribution in [-0.2, 0) is 19.6 Å². The zero-order chi connectivity index (χ0) is 18.6. The van der Waals surface area contributed by atoms with E-state index in [1.165, 1.54) is 10.6 Å². The molecule has 1 heterocycles. The van der Waals surface area contributed by atoms with Gasteiger partial charge in [-0.2, -0.15) is 0 Å². The normalized spacial score (nSPS) is 16.4. The van der Waals surface area contributed by atoms with Gasteiger partial charge in [0.05, 0.1) is 6.26 Å². The van der Waals surface area contributed by atoms with Crippen LogP contribution in [0, 0.1) is 6.92 Å². The summed E-state index contributed by atoms with van der Waals surface area (Å²) in [5.41, 5.74) is 1.43. The Hall–Kier alpha value is -1.64. The summed E-state index contributed by atoms with van der Waals surface area (Å²) in [6.45, 7) is 2.58. The van der Waals surface area contributed by atoms with E-state index in [0.717, 1.165) is 5.56 Å². The quantitative estimate of drug-likeness (QED) is 0.748. The van der Waals surface area contributed by atoms with E-state index in [9.17, 15) is 18.0 Å². The van der Waals surface area contributed by atoms with Gasteiger partial charge in [0.2, 0.25) is 21.8 Å². The number of hydrogen-bond donors (Lipinski definition) is 2. The summed E-state index contributed by atoms with van der Waals surface area (Å²) >= 11 is 5.90. The van der Waals surface area contributed by atoms with Crippen molar-refractivity contribution in [3.8, 4) is 0 Å². The van der Waals surface area contributed by atoms with E-state index in [4.69, 9.17) is 11.6 Å². The van der Waals surface area contributed by atoms with Gasteiger partial charge in [0.15, 0.2) is 0 Å². The third-order valence-electron chi connectivity index (χ3n) is 4.08. The number of carbonyl (C=O) groups excluding carboxylic acids is 2. The van der Waals surface area contributed by atoms with Crippen molar-refractivity contribution in [2.24, 2.45) is 0 Å². The second kappa shape index (κ2) is 8.16. The molecule has 0 radical (unpaired) electrons. The molecule has 1 aromatic carbocycles. The summed E-state index contributed by atoms with van der Waals surface area (Å²) in [6, 6.07) is 5.02. The van der Waals surface area contributed by atoms with Crippen LogP contribution in [0.4, 0.5) is 5.69 Å². The molecule has 25 heavy (non-hydrogen) atoms. The van der Waals surface area contributed by atoms with Gasteiger partial charge in [-0.3, -0.25) is 9.59 Å². The maximum atomic E-state index is 12.0. The smallest absolute Gasteiger partial charge is 0.233 e. The number of rotatable bonds is 5. The molecule has 2 N–H and O–H groups in total. The van der Waals surface area contributed by atoms with Crippen LogP contribution in [0.25, 0.3) is 0 Å². The number of halogens is 1. The molecule has 0 atom stereocenters. The molecular formula is C16H22ClN3O4S. The third-order valence-corrected chi connectivity index (χ3v) is 5.62. The molecule has 138 valence electrons. The maximum Gasteiger partial charge on any atom is 0.233 e. The van der Waals surface area contributed by atoms with E-state index in [2.05, 4.69) is 10.6 Å². The lowest BCUT2D eigenvalue weighted by Gasteiger charge is -2.30. The number of hydrogen-bond acceptors (Lipinski definition) is 4. The number of nitrogens with one attached hydrogen (secondary N) is 2. The number of nitrogens with zero attached hydrogens (tertiary/aromatic N) is 1. The first-order valence-electron chi connectivity index (χ1n) is 7.95. The number of amides is 2. The molecule has 7 nitrogen and oxygen atoms in total. The summed E-state index contributed by atoms with van der Waals surface area (Å²) in [5.74, 6) is -0.800. The molecule has 1 saturated heterocycles. The van der Waals surface area contributed by atoms with Crippen LogP contribution in [0.2, 0.25) is 5.02 Å². The second-order valence-corrected chi connectivity index (χ2v) is 8.61. The molecule has 0 aromatic heterocycles. The summed E-state index contributed by atoms with van der Waals surface area (Å²) in [7, 11) is -3.19. The highest BCUT2D eigenvalue weighted by Crippen LogP contribution is 2.20. The number of carbonyl (C=O) groups is 2. The van der Waals surface area contributed by atoms with Gasteiger partial charge in [0.25, 0.3) is 0 Å². The SMILES string of the molecule is Cc1ccc(Cl)cc1NC(=O)CC(=O)NC1CCN(S(C)(=O)=O)CC1. The van der Waals surface area contributed by atoms with E-state index < -0.39 is 15.9 Å². The zero-order valence-corrected chi connectivity index (χ0v) is 15.8. The Morgan fingerprint density at radius 3 is 2.48 bits per heavy atom. The summed E-state index contributed by atoms with van der Waals surface area (Å²) in [4.78, 5) is 24.0. The lowest BCUT2D eigenvalue weighted by atomic mass is 10.1. The van der Waals surface area contributed by atoms with Crippen molar-refractivity contribution in [2.45, 2.75) is 32.2 Å². The van der Waals surface area contributed by atoms with E-state index in [0.29, 0.717) is 36.6 Å². The predicted octanol–water partition coefficient (Wildman–Crippen LogP) is 1.52. The molecule has 0 bridgehead atoms. The Balaban J connectivity index is 1.80. The molecule has 1 fully saturated rings. The highest BCUT2D eigenvalue weighted by Gasteiger charge is 2.26. The van der Waals surface area contributed by atoms with Crippen LogP contribution in [0.15, 0.2) is 18.2 Å². The Morgan fingerprint density at radius 2 is 1.88 bits per heavy atom. The van der Waals surface area contributed by atoms with Crippen LogP contribution in [-0.4, -0.2) is 49.9 Å². The Morgan fingerprint density at radius 1 is 1.24 bits per heavy atom. The van der Waals surface area contributed by atoms with Crippen molar-refractivity contribution in [3.05, 3.63) is 28.8 Å². The van der Waals surface area contributed by atoms with Crippen LogP contribution in [0.5, 0.6) is 0 Å². The molecule has 1 aliphatic heterocycles. The maximum absolute atomic E-state index is 12.0. The van der Waals surface area contributed by atoms with E-state index in [1.807, 2.05) is 6.92 Å². The molecule has 1 aliphatic rings. The van der Waals surface area contributed by atoms with E-state index in [-0.39, 0.29) is 18.4 Å². The lowest BCUT2D eigenvalue weighted by Crippen LogP contribution is -2.46. The van der Waals surface area contributed by atoms with Gasteiger partial charge in [-0.1, -0.05) is 17.7 Å². The van der Waals surface area contributed by atoms with E-state index >= 15 is 0 Å². The van der Waals surface area contributed by atoms with Crippen molar-refractivity contribution in [1.82, 2.24) is 9.62 Å². The largest absolute Gasteiger partial charge is 0.353 e. The number of aryl methyl sites for hydroxylation is 1. The van der Waals surface area contributed by atoms with Crippen molar-refractivity contribution < 1.29 is 18.0 Å². The van der Waals surface area contributed by atoms with Crippen LogP contribution in [0.3, 0.4) is 0 Å². The minimum absolute atomic E-state index is 0.119. The van der Waals surface area contributed by atoms with Crippen LogP contribution in [0.1, 0.15) is 24.8 Å². The number of anilines is 1. The average molecular weight is 388 g/mol. The molecule has 0 aliphatic carbocycles. The van der Waals surface area contributed by atoms with Crippen molar-refractivity contribution in [3.63, 3.8) is 0 Å². The summed E-state index contributed by atoms with van der Waals surface area (Å²) in [5, 5.41) is 5.96. The first-order chi connectivity index (χ1) is 11.6. The molecule has 0 saturated carbocycles. The fourth-order valence-electron chi connectivity index (χ4n) is 2.68. The van der Waals surface area contributed by atoms with Crippen molar-refractivity contribution in [2.75, 3.05) is 24.7 Å². The zero-order valence-electron chi connectivity index (χ0n) is 14.2. The fourth-order valence-corrected chi connectivity index (χ4v) is 3.73. The van der Waals surface area contributed by atoms with Crippen molar-refractivity contribution in [1.29, 1.82) is 0 Å². The highest BCUT2D eigenvalue weighted by molar-refractivity contribution is 7.88. The van der Waals surface area contributed by atoms with Gasteiger partial charge in [0.1, 0.15) is 6.42 Å².